The lowest BCUT2D eigenvalue weighted by Gasteiger charge is -2.23. The molecule has 0 radical (unpaired) electrons. The first-order valence-electron chi connectivity index (χ1n) is 9.30. The number of carbonyl (C=O) groups is 1. The van der Waals surface area contributed by atoms with E-state index in [0.29, 0.717) is 22.0 Å². The molecule has 0 unspecified atom stereocenters. The first kappa shape index (κ1) is 23.8. The molecule has 1 amide bonds. The molecule has 10 heteroatoms. The molecule has 0 aliphatic carbocycles. The van der Waals surface area contributed by atoms with Crippen LogP contribution in [-0.4, -0.2) is 34.2 Å². The van der Waals surface area contributed by atoms with Crippen molar-refractivity contribution in [3.05, 3.63) is 87.9 Å². The second kappa shape index (κ2) is 10.6. The van der Waals surface area contributed by atoms with Gasteiger partial charge in [0, 0.05) is 15.1 Å². The zero-order valence-corrected chi connectivity index (χ0v) is 20.1. The summed E-state index contributed by atoms with van der Waals surface area (Å²) >= 11 is 9.25. The number of nitrogens with one attached hydrogen (secondary N) is 1. The van der Waals surface area contributed by atoms with E-state index in [1.807, 2.05) is 6.07 Å². The highest BCUT2D eigenvalue weighted by atomic mass is 79.9. The molecule has 0 spiro atoms. The summed E-state index contributed by atoms with van der Waals surface area (Å²) in [6.45, 7) is -0.470. The van der Waals surface area contributed by atoms with Crippen LogP contribution < -0.4 is 14.5 Å². The zero-order chi connectivity index (χ0) is 23.1. The fourth-order valence-electron chi connectivity index (χ4n) is 2.79. The number of para-hydroxylation sites is 1. The number of nitrogens with zero attached hydrogens (tertiary/aromatic N) is 2. The van der Waals surface area contributed by atoms with Crippen LogP contribution in [0.3, 0.4) is 0 Å². The Bertz CT molecular complexity index is 1220. The number of anilines is 1. The molecule has 0 heterocycles. The van der Waals surface area contributed by atoms with Crippen molar-refractivity contribution in [1.82, 2.24) is 5.43 Å². The fourth-order valence-corrected chi connectivity index (χ4v) is 4.71. The predicted octanol–water partition coefficient (Wildman–Crippen LogP) is 4.46. The Morgan fingerprint density at radius 2 is 1.81 bits per heavy atom. The van der Waals surface area contributed by atoms with Gasteiger partial charge in [0.05, 0.1) is 23.9 Å². The van der Waals surface area contributed by atoms with Gasteiger partial charge in [-0.1, -0.05) is 45.7 Å². The third-order valence-electron chi connectivity index (χ3n) is 4.32. The maximum absolute atomic E-state index is 13.2. The summed E-state index contributed by atoms with van der Waals surface area (Å²) in [6.07, 6.45) is 1.42. The molecule has 0 atom stereocenters. The molecule has 166 valence electrons. The van der Waals surface area contributed by atoms with Gasteiger partial charge in [0.25, 0.3) is 15.9 Å². The fraction of sp³-hybridized carbons (Fsp3) is 0.0909. The molecule has 0 fully saturated rings. The number of amides is 1. The number of hydrazone groups is 1. The predicted molar refractivity (Wildman–Crippen MR) is 129 cm³/mol. The van der Waals surface area contributed by atoms with Crippen molar-refractivity contribution >= 4 is 55.4 Å². The molecule has 3 rings (SSSR count). The maximum Gasteiger partial charge on any atom is 0.264 e. The minimum atomic E-state index is -4.02. The zero-order valence-electron chi connectivity index (χ0n) is 16.9. The van der Waals surface area contributed by atoms with Gasteiger partial charge in [0.1, 0.15) is 12.3 Å². The highest BCUT2D eigenvalue weighted by molar-refractivity contribution is 9.10. The van der Waals surface area contributed by atoms with E-state index in [1.165, 1.54) is 37.6 Å². The van der Waals surface area contributed by atoms with E-state index in [2.05, 4.69) is 26.5 Å². The van der Waals surface area contributed by atoms with Crippen LogP contribution in [0, 0.1) is 0 Å². The molecular weight excluding hydrogens is 518 g/mol. The van der Waals surface area contributed by atoms with Crippen LogP contribution in [0.25, 0.3) is 0 Å². The number of rotatable bonds is 8. The third kappa shape index (κ3) is 5.87. The molecule has 3 aromatic rings. The lowest BCUT2D eigenvalue weighted by molar-refractivity contribution is -0.119. The van der Waals surface area contributed by atoms with Crippen molar-refractivity contribution in [2.45, 2.75) is 4.90 Å². The quantitative estimate of drug-likeness (QED) is 0.340. The van der Waals surface area contributed by atoms with Crippen LogP contribution >= 0.6 is 27.5 Å². The average molecular weight is 537 g/mol. The number of halogens is 2. The molecule has 0 saturated heterocycles. The number of hydrogen-bond donors (Lipinski definition) is 1. The summed E-state index contributed by atoms with van der Waals surface area (Å²) in [5, 5.41) is 4.35. The number of hydrogen-bond acceptors (Lipinski definition) is 5. The summed E-state index contributed by atoms with van der Waals surface area (Å²) in [5.74, 6) is -0.0426. The van der Waals surface area contributed by atoms with Crippen molar-refractivity contribution in [2.75, 3.05) is 18.0 Å². The van der Waals surface area contributed by atoms with Gasteiger partial charge in [0.2, 0.25) is 0 Å². The van der Waals surface area contributed by atoms with E-state index < -0.39 is 22.5 Å². The van der Waals surface area contributed by atoms with Crippen LogP contribution in [0.4, 0.5) is 5.69 Å². The van der Waals surface area contributed by atoms with E-state index in [0.717, 1.165) is 8.78 Å². The maximum atomic E-state index is 13.2. The Labute approximate surface area is 199 Å². The molecular formula is C22H19BrClN3O4S. The van der Waals surface area contributed by atoms with E-state index in [-0.39, 0.29) is 4.90 Å². The van der Waals surface area contributed by atoms with Gasteiger partial charge in [-0.15, -0.1) is 0 Å². The van der Waals surface area contributed by atoms with Crippen molar-refractivity contribution in [2.24, 2.45) is 5.10 Å². The van der Waals surface area contributed by atoms with E-state index >= 15 is 0 Å². The Hall–Kier alpha value is -2.88. The summed E-state index contributed by atoms with van der Waals surface area (Å²) in [6, 6.07) is 19.4. The van der Waals surface area contributed by atoms with Crippen LogP contribution in [0.5, 0.6) is 5.75 Å². The molecule has 3 aromatic carbocycles. The normalized spacial score (nSPS) is 11.3. The van der Waals surface area contributed by atoms with Crippen LogP contribution in [-0.2, 0) is 14.8 Å². The number of sulfonamides is 1. The van der Waals surface area contributed by atoms with Gasteiger partial charge in [0.15, 0.2) is 0 Å². The molecule has 0 aliphatic rings. The SMILES string of the molecule is COc1ccc(Br)cc1/C=N\NC(=O)CN(c1ccccc1)S(=O)(=O)c1ccc(Cl)cc1. The topological polar surface area (TPSA) is 88.1 Å². The molecule has 0 aromatic heterocycles. The van der Waals surface area contributed by atoms with Crippen LogP contribution in [0.1, 0.15) is 5.56 Å². The second-order valence-corrected chi connectivity index (χ2v) is 9.70. The standard InChI is InChI=1S/C22H19BrClN3O4S/c1-31-21-12-7-17(23)13-16(21)14-25-26-22(28)15-27(19-5-3-2-4-6-19)32(29,30)20-10-8-18(24)9-11-20/h2-14H,15H2,1H3,(H,26,28)/b25-14-. The lowest BCUT2D eigenvalue weighted by Crippen LogP contribution is -2.39. The Morgan fingerprint density at radius 3 is 2.47 bits per heavy atom. The highest BCUT2D eigenvalue weighted by Crippen LogP contribution is 2.24. The van der Waals surface area contributed by atoms with Crippen LogP contribution in [0.15, 0.2) is 87.3 Å². The number of carbonyl (C=O) groups excluding carboxylic acids is 1. The van der Waals surface area contributed by atoms with Gasteiger partial charge >= 0.3 is 0 Å². The van der Waals surface area contributed by atoms with Gasteiger partial charge in [-0.2, -0.15) is 5.10 Å². The molecule has 32 heavy (non-hydrogen) atoms. The minimum absolute atomic E-state index is 0.0147. The monoisotopic (exact) mass is 535 g/mol. The van der Waals surface area contributed by atoms with Crippen LogP contribution in [0.2, 0.25) is 5.02 Å². The summed E-state index contributed by atoms with van der Waals surface area (Å²) < 4.78 is 33.6. The first-order chi connectivity index (χ1) is 15.3. The van der Waals surface area contributed by atoms with Gasteiger partial charge in [-0.25, -0.2) is 13.8 Å². The smallest absolute Gasteiger partial charge is 0.264 e. The molecule has 0 bridgehead atoms. The third-order valence-corrected chi connectivity index (χ3v) is 6.85. The number of methoxy groups -OCH3 is 1. The van der Waals surface area contributed by atoms with E-state index in [1.54, 1.807) is 42.5 Å². The Morgan fingerprint density at radius 1 is 1.12 bits per heavy atom. The van der Waals surface area contributed by atoms with Crippen molar-refractivity contribution in [1.29, 1.82) is 0 Å². The first-order valence-corrected chi connectivity index (χ1v) is 11.9. The average Bonchev–Trinajstić information content (AvgIpc) is 2.78. The Balaban J connectivity index is 1.82. The van der Waals surface area contributed by atoms with Crippen molar-refractivity contribution in [3.8, 4) is 5.75 Å². The Kier molecular flexibility index (Phi) is 7.89. The minimum Gasteiger partial charge on any atom is -0.496 e. The van der Waals surface area contributed by atoms with Gasteiger partial charge < -0.3 is 4.74 Å². The summed E-state index contributed by atoms with van der Waals surface area (Å²) in [5.41, 5.74) is 3.35. The molecule has 7 nitrogen and oxygen atoms in total. The van der Waals surface area contributed by atoms with Crippen molar-refractivity contribution in [3.63, 3.8) is 0 Å². The van der Waals surface area contributed by atoms with E-state index in [4.69, 9.17) is 16.3 Å². The molecule has 0 saturated carbocycles. The summed E-state index contributed by atoms with van der Waals surface area (Å²) in [7, 11) is -2.50. The molecule has 0 aliphatic heterocycles. The van der Waals surface area contributed by atoms with E-state index in [9.17, 15) is 13.2 Å². The number of ether oxygens (including phenoxy) is 1. The highest BCUT2D eigenvalue weighted by Gasteiger charge is 2.27. The largest absolute Gasteiger partial charge is 0.496 e. The summed E-state index contributed by atoms with van der Waals surface area (Å²) in [4.78, 5) is 12.6. The number of benzene rings is 3. The van der Waals surface area contributed by atoms with Gasteiger partial charge in [-0.05, 0) is 54.6 Å². The molecule has 1 N–H and O–H groups in total. The van der Waals surface area contributed by atoms with Crippen molar-refractivity contribution < 1.29 is 17.9 Å². The second-order valence-electron chi connectivity index (χ2n) is 6.48. The lowest BCUT2D eigenvalue weighted by atomic mass is 10.2. The van der Waals surface area contributed by atoms with Gasteiger partial charge in [-0.3, -0.25) is 9.10 Å².